The average molecular weight is 293 g/mol. The van der Waals surface area contributed by atoms with Crippen molar-refractivity contribution in [1.82, 2.24) is 0 Å². The summed E-state index contributed by atoms with van der Waals surface area (Å²) >= 11 is 5.91. The van der Waals surface area contributed by atoms with E-state index in [1.165, 1.54) is 6.07 Å². The highest BCUT2D eigenvalue weighted by Gasteiger charge is 2.20. The normalized spacial score (nSPS) is 12.2. The molecule has 4 heteroatoms. The van der Waals surface area contributed by atoms with Crippen LogP contribution in [0.5, 0.6) is 0 Å². The van der Waals surface area contributed by atoms with Crippen molar-refractivity contribution in [1.29, 1.82) is 0 Å². The van der Waals surface area contributed by atoms with Crippen LogP contribution in [0, 0.1) is 5.82 Å². The first-order chi connectivity index (χ1) is 9.67. The van der Waals surface area contributed by atoms with E-state index in [0.717, 1.165) is 5.56 Å². The number of nitrogens with two attached hydrogens (primary N) is 1. The third kappa shape index (κ3) is 3.11. The standard InChI is InChI=1S/C16H18ClFN2/c1-2-20(15-6-4-3-5-14(15)18)16(11-19)12-7-9-13(17)10-8-12/h3-10,16H,2,11,19H2,1H3. The Labute approximate surface area is 124 Å². The molecule has 0 spiro atoms. The summed E-state index contributed by atoms with van der Waals surface area (Å²) in [5.41, 5.74) is 7.51. The summed E-state index contributed by atoms with van der Waals surface area (Å²) in [6, 6.07) is 14.2. The molecule has 1 unspecified atom stereocenters. The largest absolute Gasteiger partial charge is 0.361 e. The van der Waals surface area contributed by atoms with Crippen LogP contribution in [0.3, 0.4) is 0 Å². The lowest BCUT2D eigenvalue weighted by molar-refractivity contribution is 0.588. The molecule has 0 aliphatic rings. The monoisotopic (exact) mass is 292 g/mol. The number of para-hydroxylation sites is 1. The van der Waals surface area contributed by atoms with Crippen molar-refractivity contribution >= 4 is 17.3 Å². The molecule has 0 aliphatic carbocycles. The number of nitrogens with zero attached hydrogens (tertiary/aromatic N) is 1. The maximum atomic E-state index is 14.0. The van der Waals surface area contributed by atoms with Gasteiger partial charge in [-0.2, -0.15) is 0 Å². The number of hydrogen-bond acceptors (Lipinski definition) is 2. The molecule has 2 aromatic rings. The minimum absolute atomic E-state index is 0.0748. The summed E-state index contributed by atoms with van der Waals surface area (Å²) in [5, 5.41) is 0.679. The molecule has 106 valence electrons. The van der Waals surface area contributed by atoms with Gasteiger partial charge >= 0.3 is 0 Å². The van der Waals surface area contributed by atoms with Crippen LogP contribution in [0.4, 0.5) is 10.1 Å². The Morgan fingerprint density at radius 3 is 2.35 bits per heavy atom. The Kier molecular flexibility index (Phi) is 4.99. The number of rotatable bonds is 5. The molecular weight excluding hydrogens is 275 g/mol. The molecule has 0 amide bonds. The average Bonchev–Trinajstić information content (AvgIpc) is 2.47. The Bertz CT molecular complexity index is 557. The van der Waals surface area contributed by atoms with Crippen molar-refractivity contribution < 1.29 is 4.39 Å². The third-order valence-electron chi connectivity index (χ3n) is 3.36. The van der Waals surface area contributed by atoms with Gasteiger partial charge in [-0.05, 0) is 36.8 Å². The van der Waals surface area contributed by atoms with E-state index in [9.17, 15) is 4.39 Å². The van der Waals surface area contributed by atoms with Crippen molar-refractivity contribution in [3.8, 4) is 0 Å². The van der Waals surface area contributed by atoms with Crippen LogP contribution in [0.1, 0.15) is 18.5 Å². The van der Waals surface area contributed by atoms with E-state index < -0.39 is 0 Å². The summed E-state index contributed by atoms with van der Waals surface area (Å²) in [4.78, 5) is 1.97. The van der Waals surface area contributed by atoms with E-state index in [0.29, 0.717) is 23.8 Å². The second-order valence-electron chi connectivity index (χ2n) is 4.54. The van der Waals surface area contributed by atoms with Crippen LogP contribution < -0.4 is 10.6 Å². The van der Waals surface area contributed by atoms with Gasteiger partial charge in [0.25, 0.3) is 0 Å². The van der Waals surface area contributed by atoms with E-state index in [1.807, 2.05) is 42.2 Å². The summed E-state index contributed by atoms with van der Waals surface area (Å²) < 4.78 is 14.0. The van der Waals surface area contributed by atoms with Gasteiger partial charge < -0.3 is 10.6 Å². The van der Waals surface area contributed by atoms with Gasteiger partial charge in [-0.3, -0.25) is 0 Å². The second kappa shape index (κ2) is 6.73. The predicted molar refractivity (Wildman–Crippen MR) is 82.7 cm³/mol. The fraction of sp³-hybridized carbons (Fsp3) is 0.250. The molecular formula is C16H18ClFN2. The number of benzene rings is 2. The van der Waals surface area contributed by atoms with Crippen LogP contribution >= 0.6 is 11.6 Å². The molecule has 1 atom stereocenters. The minimum atomic E-state index is -0.234. The molecule has 0 aromatic heterocycles. The lowest BCUT2D eigenvalue weighted by Gasteiger charge is -2.32. The lowest BCUT2D eigenvalue weighted by Crippen LogP contribution is -2.34. The van der Waals surface area contributed by atoms with Crippen LogP contribution in [-0.4, -0.2) is 13.1 Å². The first-order valence-electron chi connectivity index (χ1n) is 6.64. The van der Waals surface area contributed by atoms with Crippen molar-refractivity contribution in [2.24, 2.45) is 5.73 Å². The van der Waals surface area contributed by atoms with Gasteiger partial charge in [0.1, 0.15) is 5.82 Å². The Hall–Kier alpha value is -1.58. The number of halogens is 2. The highest BCUT2D eigenvalue weighted by Crippen LogP contribution is 2.29. The number of anilines is 1. The molecule has 20 heavy (non-hydrogen) atoms. The van der Waals surface area contributed by atoms with Gasteiger partial charge in [-0.25, -0.2) is 4.39 Å². The molecule has 2 nitrogen and oxygen atoms in total. The smallest absolute Gasteiger partial charge is 0.146 e. The second-order valence-corrected chi connectivity index (χ2v) is 4.98. The maximum absolute atomic E-state index is 14.0. The van der Waals surface area contributed by atoms with Crippen molar-refractivity contribution in [3.05, 3.63) is 64.9 Å². The number of hydrogen-bond donors (Lipinski definition) is 1. The third-order valence-corrected chi connectivity index (χ3v) is 3.61. The first kappa shape index (κ1) is 14.8. The predicted octanol–water partition coefficient (Wildman–Crippen LogP) is 4.01. The van der Waals surface area contributed by atoms with Gasteiger partial charge in [-0.15, -0.1) is 0 Å². The van der Waals surface area contributed by atoms with Gasteiger partial charge in [-0.1, -0.05) is 35.9 Å². The highest BCUT2D eigenvalue weighted by molar-refractivity contribution is 6.30. The topological polar surface area (TPSA) is 29.3 Å². The minimum Gasteiger partial charge on any atom is -0.361 e. The fourth-order valence-corrected chi connectivity index (χ4v) is 2.50. The Morgan fingerprint density at radius 2 is 1.80 bits per heavy atom. The van der Waals surface area contributed by atoms with E-state index in [4.69, 9.17) is 17.3 Å². The summed E-state index contributed by atoms with van der Waals surface area (Å²) in [5.74, 6) is -0.234. The van der Waals surface area contributed by atoms with Gasteiger partial charge in [0.05, 0.1) is 11.7 Å². The number of likely N-dealkylation sites (N-methyl/N-ethyl adjacent to an activating group) is 1. The molecule has 0 bridgehead atoms. The first-order valence-corrected chi connectivity index (χ1v) is 7.01. The molecule has 0 aliphatic heterocycles. The zero-order valence-corrected chi connectivity index (χ0v) is 12.1. The molecule has 2 rings (SSSR count). The zero-order chi connectivity index (χ0) is 14.5. The van der Waals surface area contributed by atoms with Crippen LogP contribution in [-0.2, 0) is 0 Å². The van der Waals surface area contributed by atoms with E-state index in [2.05, 4.69) is 0 Å². The van der Waals surface area contributed by atoms with Gasteiger partial charge in [0, 0.05) is 18.1 Å². The van der Waals surface area contributed by atoms with E-state index >= 15 is 0 Å². The quantitative estimate of drug-likeness (QED) is 0.902. The van der Waals surface area contributed by atoms with Gasteiger partial charge in [0.15, 0.2) is 0 Å². The van der Waals surface area contributed by atoms with Crippen molar-refractivity contribution in [2.75, 3.05) is 18.0 Å². The van der Waals surface area contributed by atoms with E-state index in [-0.39, 0.29) is 11.9 Å². The summed E-state index contributed by atoms with van der Waals surface area (Å²) in [6.07, 6.45) is 0. The SMILES string of the molecule is CCN(c1ccccc1F)C(CN)c1ccc(Cl)cc1. The molecule has 0 saturated carbocycles. The Balaban J connectivity index is 2.38. The summed E-state index contributed by atoms with van der Waals surface area (Å²) in [7, 11) is 0. The molecule has 2 N–H and O–H groups in total. The highest BCUT2D eigenvalue weighted by atomic mass is 35.5. The van der Waals surface area contributed by atoms with Crippen molar-refractivity contribution in [3.63, 3.8) is 0 Å². The summed E-state index contributed by atoms with van der Waals surface area (Å²) in [6.45, 7) is 3.07. The van der Waals surface area contributed by atoms with Crippen molar-refractivity contribution in [2.45, 2.75) is 13.0 Å². The fourth-order valence-electron chi connectivity index (χ4n) is 2.37. The van der Waals surface area contributed by atoms with Crippen LogP contribution in [0.15, 0.2) is 48.5 Å². The Morgan fingerprint density at radius 1 is 1.15 bits per heavy atom. The van der Waals surface area contributed by atoms with Gasteiger partial charge in [0.2, 0.25) is 0 Å². The molecule has 0 heterocycles. The van der Waals surface area contributed by atoms with Crippen LogP contribution in [0.25, 0.3) is 0 Å². The molecule has 2 aromatic carbocycles. The molecule has 0 saturated heterocycles. The molecule has 0 fully saturated rings. The lowest BCUT2D eigenvalue weighted by atomic mass is 10.0. The zero-order valence-electron chi connectivity index (χ0n) is 11.4. The maximum Gasteiger partial charge on any atom is 0.146 e. The van der Waals surface area contributed by atoms with E-state index in [1.54, 1.807) is 12.1 Å². The van der Waals surface area contributed by atoms with Crippen LogP contribution in [0.2, 0.25) is 5.02 Å². The molecule has 0 radical (unpaired) electrons.